The van der Waals surface area contributed by atoms with E-state index in [9.17, 15) is 22.8 Å². The van der Waals surface area contributed by atoms with Crippen molar-refractivity contribution in [2.45, 2.75) is 57.7 Å². The Bertz CT molecular complexity index is 844. The number of urea groups is 1. The number of carbonyl (C=O) groups excluding carboxylic acids is 2. The summed E-state index contributed by atoms with van der Waals surface area (Å²) < 4.78 is 38.1. The van der Waals surface area contributed by atoms with E-state index in [1.54, 1.807) is 6.92 Å². The third-order valence-corrected chi connectivity index (χ3v) is 7.50. The Balaban J connectivity index is 1.19. The smallest absolute Gasteiger partial charge is 0.339 e. The molecule has 6 nitrogen and oxygen atoms in total. The van der Waals surface area contributed by atoms with Gasteiger partial charge in [0.15, 0.2) is 0 Å². The van der Waals surface area contributed by atoms with Gasteiger partial charge in [-0.2, -0.15) is 13.2 Å². The maximum absolute atomic E-state index is 12.8. The molecule has 2 heterocycles. The van der Waals surface area contributed by atoms with Crippen LogP contribution in [0.25, 0.3) is 0 Å². The van der Waals surface area contributed by atoms with Crippen LogP contribution in [-0.2, 0) is 11.0 Å². The van der Waals surface area contributed by atoms with Gasteiger partial charge in [-0.15, -0.1) is 0 Å². The fraction of sp³-hybridized carbons (Fsp3) is 0.667. The van der Waals surface area contributed by atoms with Gasteiger partial charge in [0.05, 0.1) is 5.56 Å². The summed E-state index contributed by atoms with van der Waals surface area (Å²) in [4.78, 5) is 31.2. The SMILES string of the molecule is C[C@H]1C(=O)N(CCCCN2CCC3(CC2)CC3)CCN1C(=O)Nc1ccc(C(F)(F)F)cc1. The van der Waals surface area contributed by atoms with E-state index in [1.165, 1.54) is 55.8 Å². The normalized spacial score (nSPS) is 23.2. The molecule has 0 unspecified atom stereocenters. The number of alkyl halides is 3. The van der Waals surface area contributed by atoms with E-state index in [2.05, 4.69) is 10.2 Å². The van der Waals surface area contributed by atoms with Gasteiger partial charge in [0, 0.05) is 25.3 Å². The van der Waals surface area contributed by atoms with Crippen LogP contribution >= 0.6 is 0 Å². The zero-order valence-corrected chi connectivity index (χ0v) is 19.2. The van der Waals surface area contributed by atoms with Crippen LogP contribution in [0.5, 0.6) is 0 Å². The molecule has 2 saturated heterocycles. The van der Waals surface area contributed by atoms with Gasteiger partial charge in [-0.25, -0.2) is 4.79 Å². The Labute approximate surface area is 193 Å². The minimum atomic E-state index is -4.42. The molecule has 1 aromatic rings. The average molecular weight is 467 g/mol. The van der Waals surface area contributed by atoms with Gasteiger partial charge in [-0.1, -0.05) is 0 Å². The van der Waals surface area contributed by atoms with E-state index < -0.39 is 23.8 Å². The molecule has 3 aliphatic rings. The number of rotatable bonds is 6. The van der Waals surface area contributed by atoms with Gasteiger partial charge in [0.25, 0.3) is 0 Å². The number of halogens is 3. The van der Waals surface area contributed by atoms with E-state index >= 15 is 0 Å². The van der Waals surface area contributed by atoms with Gasteiger partial charge in [-0.05, 0) is 94.8 Å². The molecule has 0 radical (unpaired) electrons. The highest BCUT2D eigenvalue weighted by Crippen LogP contribution is 2.53. The number of piperazine rings is 1. The first kappa shape index (κ1) is 23.9. The van der Waals surface area contributed by atoms with Crippen molar-refractivity contribution >= 4 is 17.6 Å². The standard InChI is InChI=1S/C24H33F3N4O2/c1-18-21(32)30(13-3-2-12-29-14-10-23(8-9-23)11-15-29)16-17-31(18)22(33)28-20-6-4-19(5-7-20)24(25,26)27/h4-7,18H,2-3,8-17H2,1H3,(H,28,33)/t18-/m0/s1. The lowest BCUT2D eigenvalue weighted by Crippen LogP contribution is -2.58. The maximum atomic E-state index is 12.8. The Kier molecular flexibility index (Phi) is 6.88. The zero-order chi connectivity index (χ0) is 23.6. The largest absolute Gasteiger partial charge is 0.416 e. The molecule has 1 spiro atoms. The number of unbranched alkanes of at least 4 members (excludes halogenated alkanes) is 1. The van der Waals surface area contributed by atoms with E-state index in [1.807, 2.05) is 4.90 Å². The number of likely N-dealkylation sites (tertiary alicyclic amines) is 1. The van der Waals surface area contributed by atoms with E-state index in [4.69, 9.17) is 0 Å². The number of nitrogens with one attached hydrogen (secondary N) is 1. The number of nitrogens with zero attached hydrogens (tertiary/aromatic N) is 3. The molecule has 1 aromatic carbocycles. The van der Waals surface area contributed by atoms with Gasteiger partial charge in [0.2, 0.25) is 5.91 Å². The fourth-order valence-corrected chi connectivity index (χ4v) is 4.93. The number of carbonyl (C=O) groups is 2. The Morgan fingerprint density at radius 2 is 1.64 bits per heavy atom. The summed E-state index contributed by atoms with van der Waals surface area (Å²) in [6.07, 6.45) is 3.07. The van der Waals surface area contributed by atoms with Crippen LogP contribution in [0.15, 0.2) is 24.3 Å². The van der Waals surface area contributed by atoms with E-state index in [-0.39, 0.29) is 11.6 Å². The quantitative estimate of drug-likeness (QED) is 0.632. The summed E-state index contributed by atoms with van der Waals surface area (Å²) in [5.41, 5.74) is 0.183. The second-order valence-electron chi connectivity index (χ2n) is 9.75. The topological polar surface area (TPSA) is 55.9 Å². The Hall–Kier alpha value is -2.29. The maximum Gasteiger partial charge on any atom is 0.416 e. The van der Waals surface area contributed by atoms with Gasteiger partial charge in [-0.3, -0.25) is 4.79 Å². The number of anilines is 1. The van der Waals surface area contributed by atoms with Crippen molar-refractivity contribution in [1.82, 2.24) is 14.7 Å². The molecular weight excluding hydrogens is 433 g/mol. The predicted molar refractivity (Wildman–Crippen MR) is 120 cm³/mol. The average Bonchev–Trinajstić information content (AvgIpc) is 3.54. The van der Waals surface area contributed by atoms with Crippen LogP contribution in [0, 0.1) is 5.41 Å². The van der Waals surface area contributed by atoms with Crippen molar-refractivity contribution in [3.8, 4) is 0 Å². The highest BCUT2D eigenvalue weighted by molar-refractivity contribution is 5.94. The molecule has 1 N–H and O–H groups in total. The molecule has 9 heteroatoms. The molecule has 0 bridgehead atoms. The predicted octanol–water partition coefficient (Wildman–Crippen LogP) is 4.43. The third kappa shape index (κ3) is 5.80. The summed E-state index contributed by atoms with van der Waals surface area (Å²) in [6, 6.07) is 3.21. The van der Waals surface area contributed by atoms with E-state index in [0.29, 0.717) is 25.0 Å². The summed E-state index contributed by atoms with van der Waals surface area (Å²) in [7, 11) is 0. The highest BCUT2D eigenvalue weighted by atomic mass is 19.4. The van der Waals surface area contributed by atoms with Crippen LogP contribution in [-0.4, -0.2) is 71.9 Å². The van der Waals surface area contributed by atoms with E-state index in [0.717, 1.165) is 31.5 Å². The molecule has 1 aliphatic carbocycles. The molecule has 4 rings (SSSR count). The van der Waals surface area contributed by atoms with Crippen LogP contribution < -0.4 is 5.32 Å². The zero-order valence-electron chi connectivity index (χ0n) is 19.2. The Morgan fingerprint density at radius 3 is 2.24 bits per heavy atom. The van der Waals surface area contributed by atoms with Crippen molar-refractivity contribution in [1.29, 1.82) is 0 Å². The lowest BCUT2D eigenvalue weighted by molar-refractivity contribution is -0.139. The van der Waals surface area contributed by atoms with Crippen molar-refractivity contribution < 1.29 is 22.8 Å². The molecule has 2 aliphatic heterocycles. The van der Waals surface area contributed by atoms with Gasteiger partial charge >= 0.3 is 12.2 Å². The number of amides is 3. The highest BCUT2D eigenvalue weighted by Gasteiger charge is 2.44. The van der Waals surface area contributed by atoms with Crippen LogP contribution in [0.4, 0.5) is 23.7 Å². The first-order valence-electron chi connectivity index (χ1n) is 11.9. The lowest BCUT2D eigenvalue weighted by Gasteiger charge is -2.39. The molecule has 0 aromatic heterocycles. The van der Waals surface area contributed by atoms with Gasteiger partial charge < -0.3 is 20.0 Å². The molecule has 33 heavy (non-hydrogen) atoms. The van der Waals surface area contributed by atoms with Crippen molar-refractivity contribution in [3.63, 3.8) is 0 Å². The second-order valence-corrected chi connectivity index (χ2v) is 9.75. The molecule has 3 fully saturated rings. The van der Waals surface area contributed by atoms with Gasteiger partial charge in [0.1, 0.15) is 6.04 Å². The summed E-state index contributed by atoms with van der Waals surface area (Å²) in [6.45, 7) is 6.72. The number of piperidine rings is 1. The first-order chi connectivity index (χ1) is 15.7. The molecule has 3 amide bonds. The van der Waals surface area contributed by atoms with Crippen LogP contribution in [0.3, 0.4) is 0 Å². The molecule has 1 saturated carbocycles. The monoisotopic (exact) mass is 466 g/mol. The minimum Gasteiger partial charge on any atom is -0.339 e. The van der Waals surface area contributed by atoms with Crippen LogP contribution in [0.2, 0.25) is 0 Å². The number of hydrogen-bond acceptors (Lipinski definition) is 3. The second kappa shape index (κ2) is 9.52. The lowest BCUT2D eigenvalue weighted by atomic mass is 9.93. The summed E-state index contributed by atoms with van der Waals surface area (Å²) >= 11 is 0. The minimum absolute atomic E-state index is 0.0857. The number of benzene rings is 1. The van der Waals surface area contributed by atoms with Crippen molar-refractivity contribution in [2.75, 3.05) is 44.6 Å². The number of hydrogen-bond donors (Lipinski definition) is 1. The first-order valence-corrected chi connectivity index (χ1v) is 11.9. The fourth-order valence-electron chi connectivity index (χ4n) is 4.93. The molecule has 1 atom stereocenters. The van der Waals surface area contributed by atoms with Crippen molar-refractivity contribution in [2.24, 2.45) is 5.41 Å². The molecule has 182 valence electrons. The molecular formula is C24H33F3N4O2. The summed E-state index contributed by atoms with van der Waals surface area (Å²) in [5.74, 6) is -0.0857. The van der Waals surface area contributed by atoms with Crippen LogP contribution in [0.1, 0.15) is 51.0 Å². The van der Waals surface area contributed by atoms with Crippen molar-refractivity contribution in [3.05, 3.63) is 29.8 Å². The third-order valence-electron chi connectivity index (χ3n) is 7.50. The Morgan fingerprint density at radius 1 is 1.00 bits per heavy atom. The summed E-state index contributed by atoms with van der Waals surface area (Å²) in [5, 5.41) is 2.60.